The molecule has 2 rings (SSSR count). The number of hydrogen-bond donors (Lipinski definition) is 1. The van der Waals surface area contributed by atoms with Crippen LogP contribution >= 0.6 is 0 Å². The second-order valence-electron chi connectivity index (χ2n) is 4.76. The molecule has 1 saturated heterocycles. The number of nitrogens with two attached hydrogens (primary N) is 1. The van der Waals surface area contributed by atoms with E-state index in [1.54, 1.807) is 0 Å². The number of piperidine rings is 1. The van der Waals surface area contributed by atoms with E-state index >= 15 is 0 Å². The van der Waals surface area contributed by atoms with Gasteiger partial charge in [0.15, 0.2) is 0 Å². The topological polar surface area (TPSA) is 29.3 Å². The van der Waals surface area contributed by atoms with Gasteiger partial charge in [0.1, 0.15) is 0 Å². The minimum absolute atomic E-state index is 0.466. The molecule has 0 radical (unpaired) electrons. The van der Waals surface area contributed by atoms with Gasteiger partial charge in [0.25, 0.3) is 0 Å². The fourth-order valence-corrected chi connectivity index (χ4v) is 2.50. The summed E-state index contributed by atoms with van der Waals surface area (Å²) in [5, 5.41) is 0. The van der Waals surface area contributed by atoms with E-state index in [9.17, 15) is 0 Å². The van der Waals surface area contributed by atoms with Crippen molar-refractivity contribution in [3.05, 3.63) is 12.2 Å². The molecule has 0 amide bonds. The van der Waals surface area contributed by atoms with Gasteiger partial charge in [-0.2, -0.15) is 0 Å². The summed E-state index contributed by atoms with van der Waals surface area (Å²) in [5.74, 6) is 0.818. The standard InChI is InChI=1S/C12H22N2/c13-12-6-8-14(9-7-12)10-11-4-2-1-3-5-11/h2,4,11-12H,1,3,5-10,13H2/t11-/m0/s1. The second kappa shape index (κ2) is 4.94. The number of nitrogens with zero attached hydrogens (tertiary/aromatic N) is 1. The van der Waals surface area contributed by atoms with Crippen molar-refractivity contribution in [3.8, 4) is 0 Å². The van der Waals surface area contributed by atoms with Gasteiger partial charge in [0.05, 0.1) is 0 Å². The SMILES string of the molecule is NC1CCN(C[C@H]2C=CCCC2)CC1. The Hall–Kier alpha value is -0.340. The van der Waals surface area contributed by atoms with Gasteiger partial charge < -0.3 is 10.6 Å². The average molecular weight is 194 g/mol. The molecule has 0 aromatic carbocycles. The van der Waals surface area contributed by atoms with Crippen molar-refractivity contribution in [2.24, 2.45) is 11.7 Å². The molecule has 0 unspecified atom stereocenters. The smallest absolute Gasteiger partial charge is 0.00631 e. The molecule has 1 fully saturated rings. The molecule has 0 aromatic rings. The van der Waals surface area contributed by atoms with Gasteiger partial charge in [-0.05, 0) is 51.1 Å². The summed E-state index contributed by atoms with van der Waals surface area (Å²) in [6.45, 7) is 3.69. The van der Waals surface area contributed by atoms with Gasteiger partial charge in [0.2, 0.25) is 0 Å². The molecule has 2 N–H and O–H groups in total. The Kier molecular flexibility index (Phi) is 3.60. The summed E-state index contributed by atoms with van der Waals surface area (Å²) in [6.07, 6.45) is 11.2. The number of allylic oxidation sites excluding steroid dienone is 1. The van der Waals surface area contributed by atoms with Crippen LogP contribution in [0, 0.1) is 5.92 Å². The maximum Gasteiger partial charge on any atom is 0.00631 e. The van der Waals surface area contributed by atoms with E-state index in [4.69, 9.17) is 5.73 Å². The largest absolute Gasteiger partial charge is 0.328 e. The molecule has 0 saturated carbocycles. The molecule has 1 atom stereocenters. The minimum atomic E-state index is 0.466. The van der Waals surface area contributed by atoms with Crippen LogP contribution in [0.4, 0.5) is 0 Å². The zero-order valence-electron chi connectivity index (χ0n) is 8.99. The van der Waals surface area contributed by atoms with Crippen molar-refractivity contribution in [2.45, 2.75) is 38.1 Å². The van der Waals surface area contributed by atoms with E-state index < -0.39 is 0 Å². The molecule has 80 valence electrons. The lowest BCUT2D eigenvalue weighted by atomic mass is 9.94. The summed E-state index contributed by atoms with van der Waals surface area (Å²) >= 11 is 0. The Morgan fingerprint density at radius 1 is 1.21 bits per heavy atom. The van der Waals surface area contributed by atoms with E-state index in [2.05, 4.69) is 17.1 Å². The molecular weight excluding hydrogens is 172 g/mol. The third-order valence-electron chi connectivity index (χ3n) is 3.48. The lowest BCUT2D eigenvalue weighted by Gasteiger charge is -2.32. The minimum Gasteiger partial charge on any atom is -0.328 e. The third kappa shape index (κ3) is 2.82. The Bertz CT molecular complexity index is 192. The highest BCUT2D eigenvalue weighted by Gasteiger charge is 2.18. The van der Waals surface area contributed by atoms with Crippen LogP contribution in [0.2, 0.25) is 0 Å². The summed E-state index contributed by atoms with van der Waals surface area (Å²) in [5.41, 5.74) is 5.89. The van der Waals surface area contributed by atoms with Gasteiger partial charge in [-0.25, -0.2) is 0 Å². The molecular formula is C12H22N2. The van der Waals surface area contributed by atoms with Crippen LogP contribution in [-0.2, 0) is 0 Å². The van der Waals surface area contributed by atoms with Crippen LogP contribution in [0.15, 0.2) is 12.2 Å². The molecule has 2 aliphatic rings. The molecule has 0 spiro atoms. The highest BCUT2D eigenvalue weighted by Crippen LogP contribution is 2.19. The van der Waals surface area contributed by atoms with Gasteiger partial charge in [-0.15, -0.1) is 0 Å². The van der Waals surface area contributed by atoms with E-state index in [1.165, 1.54) is 51.7 Å². The van der Waals surface area contributed by atoms with Crippen LogP contribution in [0.5, 0.6) is 0 Å². The summed E-state index contributed by atoms with van der Waals surface area (Å²) in [6, 6.07) is 0.466. The predicted molar refractivity (Wildman–Crippen MR) is 60.1 cm³/mol. The van der Waals surface area contributed by atoms with Crippen molar-refractivity contribution in [3.63, 3.8) is 0 Å². The van der Waals surface area contributed by atoms with Gasteiger partial charge in [0, 0.05) is 12.6 Å². The van der Waals surface area contributed by atoms with Gasteiger partial charge >= 0.3 is 0 Å². The number of likely N-dealkylation sites (tertiary alicyclic amines) is 1. The zero-order valence-corrected chi connectivity index (χ0v) is 8.99. The highest BCUT2D eigenvalue weighted by atomic mass is 15.1. The Morgan fingerprint density at radius 2 is 2.00 bits per heavy atom. The molecule has 0 bridgehead atoms. The first-order valence-corrected chi connectivity index (χ1v) is 5.99. The molecule has 14 heavy (non-hydrogen) atoms. The molecule has 1 aliphatic carbocycles. The van der Waals surface area contributed by atoms with E-state index in [-0.39, 0.29) is 0 Å². The van der Waals surface area contributed by atoms with Crippen molar-refractivity contribution in [1.82, 2.24) is 4.90 Å². The van der Waals surface area contributed by atoms with Crippen LogP contribution in [0.1, 0.15) is 32.1 Å². The van der Waals surface area contributed by atoms with Gasteiger partial charge in [-0.3, -0.25) is 0 Å². The first kappa shape index (κ1) is 10.2. The van der Waals surface area contributed by atoms with Crippen LogP contribution < -0.4 is 5.73 Å². The molecule has 1 heterocycles. The lowest BCUT2D eigenvalue weighted by Crippen LogP contribution is -2.41. The first-order chi connectivity index (χ1) is 6.84. The molecule has 2 nitrogen and oxygen atoms in total. The number of hydrogen-bond acceptors (Lipinski definition) is 2. The van der Waals surface area contributed by atoms with Crippen molar-refractivity contribution >= 4 is 0 Å². The Morgan fingerprint density at radius 3 is 2.64 bits per heavy atom. The normalized spacial score (nSPS) is 30.8. The Labute approximate surface area is 87.2 Å². The van der Waals surface area contributed by atoms with Crippen molar-refractivity contribution < 1.29 is 0 Å². The van der Waals surface area contributed by atoms with E-state index in [0.29, 0.717) is 6.04 Å². The zero-order chi connectivity index (χ0) is 9.80. The van der Waals surface area contributed by atoms with Crippen LogP contribution in [0.25, 0.3) is 0 Å². The molecule has 0 aromatic heterocycles. The molecule has 1 aliphatic heterocycles. The monoisotopic (exact) mass is 194 g/mol. The maximum atomic E-state index is 5.89. The fraction of sp³-hybridized carbons (Fsp3) is 0.833. The second-order valence-corrected chi connectivity index (χ2v) is 4.76. The molecule has 2 heteroatoms. The first-order valence-electron chi connectivity index (χ1n) is 5.99. The summed E-state index contributed by atoms with van der Waals surface area (Å²) < 4.78 is 0. The van der Waals surface area contributed by atoms with Crippen molar-refractivity contribution in [1.29, 1.82) is 0 Å². The van der Waals surface area contributed by atoms with E-state index in [1.807, 2.05) is 0 Å². The number of rotatable bonds is 2. The van der Waals surface area contributed by atoms with Crippen molar-refractivity contribution in [2.75, 3.05) is 19.6 Å². The third-order valence-corrected chi connectivity index (χ3v) is 3.48. The quantitative estimate of drug-likeness (QED) is 0.679. The lowest BCUT2D eigenvalue weighted by molar-refractivity contribution is 0.190. The summed E-state index contributed by atoms with van der Waals surface area (Å²) in [7, 11) is 0. The fourth-order valence-electron chi connectivity index (χ4n) is 2.50. The predicted octanol–water partition coefficient (Wildman–Crippen LogP) is 1.77. The van der Waals surface area contributed by atoms with Crippen LogP contribution in [-0.4, -0.2) is 30.6 Å². The van der Waals surface area contributed by atoms with Gasteiger partial charge in [-0.1, -0.05) is 12.2 Å². The maximum absolute atomic E-state index is 5.89. The Balaban J connectivity index is 1.74. The highest BCUT2D eigenvalue weighted by molar-refractivity contribution is 4.94. The van der Waals surface area contributed by atoms with E-state index in [0.717, 1.165) is 5.92 Å². The summed E-state index contributed by atoms with van der Waals surface area (Å²) in [4.78, 5) is 2.59. The van der Waals surface area contributed by atoms with Crippen LogP contribution in [0.3, 0.4) is 0 Å². The average Bonchev–Trinajstić information content (AvgIpc) is 2.23.